The molecule has 0 radical (unpaired) electrons. The van der Waals surface area contributed by atoms with Gasteiger partial charge >= 0.3 is 0 Å². The highest BCUT2D eigenvalue weighted by atomic mass is 15.2. The summed E-state index contributed by atoms with van der Waals surface area (Å²) in [5, 5.41) is 3.79. The second-order valence-corrected chi connectivity index (χ2v) is 6.07. The molecule has 1 aliphatic carbocycles. The first-order chi connectivity index (χ1) is 7.75. The molecular formula is C14H28N2. The molecule has 0 aromatic heterocycles. The molecule has 1 N–H and O–H groups in total. The third-order valence-corrected chi connectivity index (χ3v) is 4.10. The first-order valence-electron chi connectivity index (χ1n) is 7.23. The molecular weight excluding hydrogens is 196 g/mol. The average molecular weight is 224 g/mol. The van der Waals surface area contributed by atoms with Crippen molar-refractivity contribution in [2.45, 2.75) is 64.5 Å². The van der Waals surface area contributed by atoms with Crippen LogP contribution < -0.4 is 5.32 Å². The predicted molar refractivity (Wildman–Crippen MR) is 69.7 cm³/mol. The Balaban J connectivity index is 1.70. The van der Waals surface area contributed by atoms with Crippen LogP contribution in [0.4, 0.5) is 0 Å². The first kappa shape index (κ1) is 12.4. The Morgan fingerprint density at radius 3 is 2.56 bits per heavy atom. The van der Waals surface area contributed by atoms with Crippen LogP contribution in [-0.2, 0) is 0 Å². The van der Waals surface area contributed by atoms with Crippen LogP contribution in [0.2, 0.25) is 0 Å². The van der Waals surface area contributed by atoms with Crippen LogP contribution in [0.1, 0.15) is 52.4 Å². The van der Waals surface area contributed by atoms with Gasteiger partial charge in [0.15, 0.2) is 0 Å². The van der Waals surface area contributed by atoms with Crippen molar-refractivity contribution in [1.82, 2.24) is 10.2 Å². The molecule has 94 valence electrons. The van der Waals surface area contributed by atoms with Crippen molar-refractivity contribution in [3.8, 4) is 0 Å². The molecule has 2 aliphatic rings. The van der Waals surface area contributed by atoms with Gasteiger partial charge < -0.3 is 5.32 Å². The van der Waals surface area contributed by atoms with E-state index in [0.717, 1.165) is 18.0 Å². The highest BCUT2D eigenvalue weighted by molar-refractivity contribution is 4.84. The van der Waals surface area contributed by atoms with Gasteiger partial charge in [-0.3, -0.25) is 4.90 Å². The van der Waals surface area contributed by atoms with Crippen molar-refractivity contribution >= 4 is 0 Å². The van der Waals surface area contributed by atoms with Crippen molar-refractivity contribution in [3.63, 3.8) is 0 Å². The van der Waals surface area contributed by atoms with Gasteiger partial charge in [-0.25, -0.2) is 0 Å². The molecule has 2 nitrogen and oxygen atoms in total. The molecule has 2 fully saturated rings. The summed E-state index contributed by atoms with van der Waals surface area (Å²) < 4.78 is 0. The Labute approximate surface area is 101 Å². The van der Waals surface area contributed by atoms with Crippen LogP contribution in [0.5, 0.6) is 0 Å². The second kappa shape index (κ2) is 6.02. The van der Waals surface area contributed by atoms with E-state index in [1.807, 2.05) is 0 Å². The minimum Gasteiger partial charge on any atom is -0.312 e. The van der Waals surface area contributed by atoms with Crippen molar-refractivity contribution in [2.24, 2.45) is 5.92 Å². The first-order valence-corrected chi connectivity index (χ1v) is 7.23. The molecule has 1 aliphatic heterocycles. The summed E-state index contributed by atoms with van der Waals surface area (Å²) in [7, 11) is 0. The topological polar surface area (TPSA) is 15.3 Å². The van der Waals surface area contributed by atoms with Gasteiger partial charge in [-0.05, 0) is 38.1 Å². The smallest absolute Gasteiger partial charge is 0.0221 e. The summed E-state index contributed by atoms with van der Waals surface area (Å²) in [5.41, 5.74) is 0. The molecule has 1 atom stereocenters. The molecule has 2 heteroatoms. The van der Waals surface area contributed by atoms with Crippen molar-refractivity contribution < 1.29 is 0 Å². The largest absolute Gasteiger partial charge is 0.312 e. The fourth-order valence-electron chi connectivity index (χ4n) is 3.27. The lowest BCUT2D eigenvalue weighted by atomic mass is 10.1. The predicted octanol–water partition coefficient (Wildman–Crippen LogP) is 2.64. The number of hydrogen-bond acceptors (Lipinski definition) is 2. The molecule has 0 aromatic rings. The molecule has 2 rings (SSSR count). The SMILES string of the molecule is CC(C)CN1CCC[C@@H]1CNC1CCCC1. The van der Waals surface area contributed by atoms with E-state index in [9.17, 15) is 0 Å². The van der Waals surface area contributed by atoms with E-state index in [1.165, 1.54) is 58.2 Å². The summed E-state index contributed by atoms with van der Waals surface area (Å²) in [6.07, 6.45) is 8.53. The number of hydrogen-bond donors (Lipinski definition) is 1. The summed E-state index contributed by atoms with van der Waals surface area (Å²) in [6, 6.07) is 1.66. The average Bonchev–Trinajstić information content (AvgIpc) is 2.84. The normalized spacial score (nSPS) is 28.3. The molecule has 0 spiro atoms. The van der Waals surface area contributed by atoms with Gasteiger partial charge in [0.1, 0.15) is 0 Å². The standard InChI is InChI=1S/C14H28N2/c1-12(2)11-16-9-5-8-14(16)10-15-13-6-3-4-7-13/h12-15H,3-11H2,1-2H3/t14-/m1/s1. The zero-order chi connectivity index (χ0) is 11.4. The van der Waals surface area contributed by atoms with Crippen LogP contribution >= 0.6 is 0 Å². The van der Waals surface area contributed by atoms with Crippen LogP contribution in [0, 0.1) is 5.92 Å². The van der Waals surface area contributed by atoms with Gasteiger partial charge in [0.2, 0.25) is 0 Å². The summed E-state index contributed by atoms with van der Waals surface area (Å²) in [5.74, 6) is 0.812. The molecule has 16 heavy (non-hydrogen) atoms. The lowest BCUT2D eigenvalue weighted by molar-refractivity contribution is 0.217. The Morgan fingerprint density at radius 2 is 1.88 bits per heavy atom. The van der Waals surface area contributed by atoms with E-state index in [1.54, 1.807) is 0 Å². The van der Waals surface area contributed by atoms with Crippen LogP contribution in [-0.4, -0.2) is 36.6 Å². The zero-order valence-electron chi connectivity index (χ0n) is 11.0. The lowest BCUT2D eigenvalue weighted by Crippen LogP contribution is -2.42. The fourth-order valence-corrected chi connectivity index (χ4v) is 3.27. The van der Waals surface area contributed by atoms with Crippen LogP contribution in [0.3, 0.4) is 0 Å². The van der Waals surface area contributed by atoms with Crippen LogP contribution in [0.15, 0.2) is 0 Å². The van der Waals surface area contributed by atoms with Crippen LogP contribution in [0.25, 0.3) is 0 Å². The molecule has 0 bridgehead atoms. The summed E-state index contributed by atoms with van der Waals surface area (Å²) in [4.78, 5) is 2.70. The molecule has 1 saturated heterocycles. The van der Waals surface area contributed by atoms with Crippen molar-refractivity contribution in [3.05, 3.63) is 0 Å². The highest BCUT2D eigenvalue weighted by Gasteiger charge is 2.25. The van der Waals surface area contributed by atoms with E-state index >= 15 is 0 Å². The monoisotopic (exact) mass is 224 g/mol. The lowest BCUT2D eigenvalue weighted by Gasteiger charge is -2.27. The van der Waals surface area contributed by atoms with E-state index in [2.05, 4.69) is 24.1 Å². The minimum atomic E-state index is 0.812. The van der Waals surface area contributed by atoms with Gasteiger partial charge in [-0.2, -0.15) is 0 Å². The molecule has 0 aromatic carbocycles. The third-order valence-electron chi connectivity index (χ3n) is 4.10. The van der Waals surface area contributed by atoms with Gasteiger partial charge in [-0.15, -0.1) is 0 Å². The highest BCUT2D eigenvalue weighted by Crippen LogP contribution is 2.21. The van der Waals surface area contributed by atoms with E-state index in [0.29, 0.717) is 0 Å². The zero-order valence-corrected chi connectivity index (χ0v) is 11.0. The Hall–Kier alpha value is -0.0800. The Bertz CT molecular complexity index is 197. The quantitative estimate of drug-likeness (QED) is 0.772. The minimum absolute atomic E-state index is 0.812. The summed E-state index contributed by atoms with van der Waals surface area (Å²) >= 11 is 0. The Morgan fingerprint density at radius 1 is 1.12 bits per heavy atom. The maximum atomic E-state index is 3.79. The number of likely N-dealkylation sites (tertiary alicyclic amines) is 1. The van der Waals surface area contributed by atoms with E-state index in [-0.39, 0.29) is 0 Å². The maximum Gasteiger partial charge on any atom is 0.0221 e. The van der Waals surface area contributed by atoms with Crippen molar-refractivity contribution in [2.75, 3.05) is 19.6 Å². The fraction of sp³-hybridized carbons (Fsp3) is 1.00. The summed E-state index contributed by atoms with van der Waals surface area (Å²) in [6.45, 7) is 8.52. The number of nitrogens with zero attached hydrogens (tertiary/aromatic N) is 1. The molecule has 0 unspecified atom stereocenters. The van der Waals surface area contributed by atoms with E-state index < -0.39 is 0 Å². The third kappa shape index (κ3) is 3.46. The Kier molecular flexibility index (Phi) is 4.66. The number of nitrogens with one attached hydrogen (secondary N) is 1. The maximum absolute atomic E-state index is 3.79. The van der Waals surface area contributed by atoms with Crippen molar-refractivity contribution in [1.29, 1.82) is 0 Å². The second-order valence-electron chi connectivity index (χ2n) is 6.07. The molecule has 0 amide bonds. The van der Waals surface area contributed by atoms with Gasteiger partial charge in [0.05, 0.1) is 0 Å². The number of rotatable bonds is 5. The molecule has 1 saturated carbocycles. The van der Waals surface area contributed by atoms with Gasteiger partial charge in [0.25, 0.3) is 0 Å². The molecule has 1 heterocycles. The van der Waals surface area contributed by atoms with Gasteiger partial charge in [-0.1, -0.05) is 26.7 Å². The van der Waals surface area contributed by atoms with E-state index in [4.69, 9.17) is 0 Å². The van der Waals surface area contributed by atoms with Gasteiger partial charge in [0, 0.05) is 25.2 Å².